The fourth-order valence-corrected chi connectivity index (χ4v) is 4.85. The smallest absolute Gasteiger partial charge is 0.317 e. The van der Waals surface area contributed by atoms with E-state index < -0.39 is 0 Å². The van der Waals surface area contributed by atoms with Gasteiger partial charge in [0.05, 0.1) is 5.92 Å². The lowest BCUT2D eigenvalue weighted by molar-refractivity contribution is -0.122. The number of urea groups is 1. The number of amides is 3. The first-order valence-corrected chi connectivity index (χ1v) is 10.2. The molecule has 4 rings (SSSR count). The van der Waals surface area contributed by atoms with E-state index in [-0.39, 0.29) is 17.9 Å². The molecule has 0 bridgehead atoms. The topological polar surface area (TPSA) is 78.7 Å². The van der Waals surface area contributed by atoms with Crippen LogP contribution in [0.2, 0.25) is 0 Å². The Kier molecular flexibility index (Phi) is 4.74. The van der Waals surface area contributed by atoms with Crippen LogP contribution in [0.15, 0.2) is 24.3 Å². The number of hydrogen-bond acceptors (Lipinski definition) is 3. The summed E-state index contributed by atoms with van der Waals surface area (Å²) in [5, 5.41) is 3.06. The summed E-state index contributed by atoms with van der Waals surface area (Å²) in [6, 6.07) is 8.31. The van der Waals surface area contributed by atoms with Crippen molar-refractivity contribution in [1.82, 2.24) is 10.2 Å². The van der Waals surface area contributed by atoms with Gasteiger partial charge in [0.25, 0.3) is 0 Å². The number of fused-ring (bicyclic) bond motifs is 1. The number of nitrogens with one attached hydrogen (secondary N) is 1. The van der Waals surface area contributed by atoms with Crippen LogP contribution < -0.4 is 16.0 Å². The third-order valence-electron chi connectivity index (χ3n) is 6.87. The van der Waals surface area contributed by atoms with Crippen LogP contribution in [0.4, 0.5) is 10.5 Å². The quantitative estimate of drug-likeness (QED) is 0.835. The van der Waals surface area contributed by atoms with Crippen molar-refractivity contribution in [1.29, 1.82) is 0 Å². The van der Waals surface area contributed by atoms with Gasteiger partial charge in [0, 0.05) is 38.4 Å². The first kappa shape index (κ1) is 18.1. The molecule has 1 saturated carbocycles. The SMILES string of the molecule is CC[C@]12C[C@H]1CN(C(=O)NCc1ccc(N3CCCC(C(N)=O)C3)cc1)C2. The third kappa shape index (κ3) is 3.62. The molecule has 3 N–H and O–H groups in total. The van der Waals surface area contributed by atoms with Gasteiger partial charge in [-0.05, 0) is 54.7 Å². The number of primary amides is 1. The molecule has 3 fully saturated rings. The van der Waals surface area contributed by atoms with Crippen molar-refractivity contribution < 1.29 is 9.59 Å². The number of rotatable bonds is 5. The molecule has 6 nitrogen and oxygen atoms in total. The van der Waals surface area contributed by atoms with E-state index >= 15 is 0 Å². The van der Waals surface area contributed by atoms with E-state index in [1.807, 2.05) is 4.90 Å². The Morgan fingerprint density at radius 2 is 2.04 bits per heavy atom. The number of likely N-dealkylation sites (tertiary alicyclic amines) is 1. The molecule has 2 aliphatic heterocycles. The molecule has 1 unspecified atom stereocenters. The van der Waals surface area contributed by atoms with Crippen LogP contribution in [0.3, 0.4) is 0 Å². The van der Waals surface area contributed by atoms with Gasteiger partial charge in [-0.15, -0.1) is 0 Å². The van der Waals surface area contributed by atoms with Gasteiger partial charge in [-0.25, -0.2) is 4.79 Å². The van der Waals surface area contributed by atoms with E-state index in [1.165, 1.54) is 12.8 Å². The highest BCUT2D eigenvalue weighted by atomic mass is 16.2. The average molecular weight is 370 g/mol. The highest BCUT2D eigenvalue weighted by Gasteiger charge is 2.59. The summed E-state index contributed by atoms with van der Waals surface area (Å²) in [5.74, 6) is 0.459. The maximum atomic E-state index is 12.4. The molecule has 2 heterocycles. The van der Waals surface area contributed by atoms with Gasteiger partial charge in [0.1, 0.15) is 0 Å². The van der Waals surface area contributed by atoms with Gasteiger partial charge < -0.3 is 20.9 Å². The Morgan fingerprint density at radius 3 is 2.70 bits per heavy atom. The van der Waals surface area contributed by atoms with Crippen molar-refractivity contribution in [3.05, 3.63) is 29.8 Å². The summed E-state index contributed by atoms with van der Waals surface area (Å²) < 4.78 is 0. The van der Waals surface area contributed by atoms with E-state index in [0.29, 0.717) is 18.5 Å². The zero-order valence-electron chi connectivity index (χ0n) is 16.1. The fourth-order valence-electron chi connectivity index (χ4n) is 4.85. The van der Waals surface area contributed by atoms with Crippen LogP contribution in [-0.2, 0) is 11.3 Å². The van der Waals surface area contributed by atoms with E-state index in [4.69, 9.17) is 5.73 Å². The van der Waals surface area contributed by atoms with Crippen LogP contribution >= 0.6 is 0 Å². The average Bonchev–Trinajstić information content (AvgIpc) is 3.26. The standard InChI is InChI=1S/C21H30N4O2/c1-2-21-10-17(21)13-25(14-21)20(27)23-11-15-5-7-18(8-6-15)24-9-3-4-16(12-24)19(22)26/h5-8,16-17H,2-4,9-14H2,1H3,(H2,22,26)(H,23,27)/t16?,17-,21+/m0/s1. The lowest BCUT2D eigenvalue weighted by Gasteiger charge is -2.33. The van der Waals surface area contributed by atoms with E-state index in [0.717, 1.165) is 49.6 Å². The molecule has 3 aliphatic rings. The Morgan fingerprint density at radius 1 is 1.26 bits per heavy atom. The summed E-state index contributed by atoms with van der Waals surface area (Å²) >= 11 is 0. The minimum atomic E-state index is -0.205. The highest BCUT2D eigenvalue weighted by Crippen LogP contribution is 2.59. The second-order valence-electron chi connectivity index (χ2n) is 8.51. The predicted octanol–water partition coefficient (Wildman–Crippen LogP) is 2.33. The molecule has 3 atom stereocenters. The van der Waals surface area contributed by atoms with E-state index in [1.54, 1.807) is 0 Å². The Balaban J connectivity index is 1.28. The van der Waals surface area contributed by atoms with Crippen molar-refractivity contribution in [3.63, 3.8) is 0 Å². The maximum Gasteiger partial charge on any atom is 0.317 e. The van der Waals surface area contributed by atoms with Gasteiger partial charge in [0.2, 0.25) is 5.91 Å². The van der Waals surface area contributed by atoms with Crippen LogP contribution in [0.1, 0.15) is 38.2 Å². The molecule has 0 aromatic heterocycles. The van der Waals surface area contributed by atoms with Gasteiger partial charge in [-0.2, -0.15) is 0 Å². The predicted molar refractivity (Wildman–Crippen MR) is 105 cm³/mol. The normalized spacial score (nSPS) is 29.4. The highest BCUT2D eigenvalue weighted by molar-refractivity contribution is 5.77. The van der Waals surface area contributed by atoms with E-state index in [2.05, 4.69) is 41.4 Å². The number of nitrogens with two attached hydrogens (primary N) is 1. The zero-order valence-corrected chi connectivity index (χ0v) is 16.1. The van der Waals surface area contributed by atoms with Gasteiger partial charge in [0.15, 0.2) is 0 Å². The molecule has 27 heavy (non-hydrogen) atoms. The third-order valence-corrected chi connectivity index (χ3v) is 6.87. The lowest BCUT2D eigenvalue weighted by Crippen LogP contribution is -2.41. The number of carbonyl (C=O) groups is 2. The molecule has 1 aromatic rings. The van der Waals surface area contributed by atoms with Crippen LogP contribution in [0.25, 0.3) is 0 Å². The summed E-state index contributed by atoms with van der Waals surface area (Å²) in [6.07, 6.45) is 4.34. The molecule has 0 spiro atoms. The molecular weight excluding hydrogens is 340 g/mol. The number of hydrogen-bond donors (Lipinski definition) is 2. The maximum absolute atomic E-state index is 12.4. The van der Waals surface area contributed by atoms with Crippen molar-refractivity contribution in [2.45, 2.75) is 39.2 Å². The molecule has 0 radical (unpaired) electrons. The number of nitrogens with zero attached hydrogens (tertiary/aromatic N) is 2. The molecule has 3 amide bonds. The van der Waals surface area contributed by atoms with E-state index in [9.17, 15) is 9.59 Å². The molecule has 2 saturated heterocycles. The monoisotopic (exact) mass is 370 g/mol. The van der Waals surface area contributed by atoms with Crippen LogP contribution in [-0.4, -0.2) is 43.0 Å². The number of benzene rings is 1. The molecule has 1 aliphatic carbocycles. The lowest BCUT2D eigenvalue weighted by atomic mass is 9.97. The Bertz CT molecular complexity index is 715. The number of carbonyl (C=O) groups excluding carboxylic acids is 2. The summed E-state index contributed by atoms with van der Waals surface area (Å²) in [4.78, 5) is 28.1. The van der Waals surface area contributed by atoms with Gasteiger partial charge in [-0.1, -0.05) is 19.1 Å². The number of anilines is 1. The molecule has 146 valence electrons. The first-order chi connectivity index (χ1) is 13.0. The summed E-state index contributed by atoms with van der Waals surface area (Å²) in [7, 11) is 0. The molecule has 1 aromatic carbocycles. The second-order valence-corrected chi connectivity index (χ2v) is 8.51. The second kappa shape index (κ2) is 7.06. The van der Waals surface area contributed by atoms with Crippen molar-refractivity contribution >= 4 is 17.6 Å². The summed E-state index contributed by atoms with van der Waals surface area (Å²) in [5.41, 5.74) is 8.10. The van der Waals surface area contributed by atoms with Gasteiger partial charge in [-0.3, -0.25) is 4.79 Å². The fraction of sp³-hybridized carbons (Fsp3) is 0.619. The van der Waals surface area contributed by atoms with Gasteiger partial charge >= 0.3 is 6.03 Å². The van der Waals surface area contributed by atoms with Crippen molar-refractivity contribution in [2.24, 2.45) is 23.0 Å². The minimum absolute atomic E-state index is 0.0550. The largest absolute Gasteiger partial charge is 0.371 e. The van der Waals surface area contributed by atoms with Crippen LogP contribution in [0.5, 0.6) is 0 Å². The van der Waals surface area contributed by atoms with Crippen molar-refractivity contribution in [3.8, 4) is 0 Å². The Labute approximate surface area is 161 Å². The molecule has 6 heteroatoms. The zero-order chi connectivity index (χ0) is 19.0. The van der Waals surface area contributed by atoms with Crippen LogP contribution in [0, 0.1) is 17.3 Å². The number of piperidine rings is 2. The van der Waals surface area contributed by atoms with Crippen molar-refractivity contribution in [2.75, 3.05) is 31.1 Å². The minimum Gasteiger partial charge on any atom is -0.371 e. The summed E-state index contributed by atoms with van der Waals surface area (Å²) in [6.45, 7) is 6.25. The molecular formula is C21H30N4O2. The Hall–Kier alpha value is -2.24. The first-order valence-electron chi connectivity index (χ1n) is 10.2.